The summed E-state index contributed by atoms with van der Waals surface area (Å²) in [5.74, 6) is -0.354. The lowest BCUT2D eigenvalue weighted by molar-refractivity contribution is 0.302. The fourth-order valence-corrected chi connectivity index (χ4v) is 3.21. The Labute approximate surface area is 168 Å². The third-order valence-corrected chi connectivity index (χ3v) is 4.61. The van der Waals surface area contributed by atoms with Crippen LogP contribution in [0.1, 0.15) is 16.5 Å². The van der Waals surface area contributed by atoms with Gasteiger partial charge in [0.05, 0.1) is 6.04 Å². The predicted molar refractivity (Wildman–Crippen MR) is 111 cm³/mol. The first kappa shape index (κ1) is 21.8. The minimum absolute atomic E-state index is 0. The molecule has 0 aliphatic heterocycles. The molecule has 2 N–H and O–H groups in total. The van der Waals surface area contributed by atoms with Gasteiger partial charge in [0, 0.05) is 30.6 Å². The average molecular weight is 480 g/mol. The van der Waals surface area contributed by atoms with Crippen LogP contribution in [0.2, 0.25) is 0 Å². The topological polar surface area (TPSA) is 39.7 Å². The van der Waals surface area contributed by atoms with Gasteiger partial charge in [-0.1, -0.05) is 6.07 Å². The number of benzene rings is 1. The monoisotopic (exact) mass is 480 g/mol. The van der Waals surface area contributed by atoms with E-state index in [9.17, 15) is 8.78 Å². The molecule has 0 radical (unpaired) electrons. The van der Waals surface area contributed by atoms with E-state index in [0.29, 0.717) is 12.5 Å². The molecule has 0 saturated carbocycles. The highest BCUT2D eigenvalue weighted by atomic mass is 127. The van der Waals surface area contributed by atoms with Crippen LogP contribution in [-0.2, 0) is 6.54 Å². The number of guanidine groups is 1. The first-order valence-corrected chi connectivity index (χ1v) is 8.47. The molecule has 0 amide bonds. The summed E-state index contributed by atoms with van der Waals surface area (Å²) in [7, 11) is 5.68. The van der Waals surface area contributed by atoms with Crippen molar-refractivity contribution in [2.24, 2.45) is 4.99 Å². The Hall–Kier alpha value is -1.26. The van der Waals surface area contributed by atoms with Crippen LogP contribution in [0.25, 0.3) is 0 Å². The second-order valence-corrected chi connectivity index (χ2v) is 6.52. The summed E-state index contributed by atoms with van der Waals surface area (Å²) in [6.07, 6.45) is 0. The average Bonchev–Trinajstić information content (AvgIpc) is 3.07. The summed E-state index contributed by atoms with van der Waals surface area (Å²) in [4.78, 5) is 7.50. The maximum atomic E-state index is 13.7. The molecular weight excluding hydrogens is 457 g/mol. The SMILES string of the molecule is CN=C(NCc1cc(F)ccc1F)NCC(c1cccs1)N(C)C.I. The van der Waals surface area contributed by atoms with Crippen molar-refractivity contribution in [2.45, 2.75) is 12.6 Å². The van der Waals surface area contributed by atoms with Crippen LogP contribution < -0.4 is 10.6 Å². The molecule has 1 heterocycles. The Kier molecular flexibility index (Phi) is 9.30. The van der Waals surface area contributed by atoms with Crippen molar-refractivity contribution in [1.29, 1.82) is 0 Å². The van der Waals surface area contributed by atoms with Crippen LogP contribution in [0.4, 0.5) is 8.78 Å². The van der Waals surface area contributed by atoms with Crippen molar-refractivity contribution < 1.29 is 8.78 Å². The summed E-state index contributed by atoms with van der Waals surface area (Å²) in [6.45, 7) is 0.813. The highest BCUT2D eigenvalue weighted by Crippen LogP contribution is 2.22. The molecule has 25 heavy (non-hydrogen) atoms. The van der Waals surface area contributed by atoms with E-state index in [1.807, 2.05) is 25.5 Å². The Morgan fingerprint density at radius 2 is 2.00 bits per heavy atom. The van der Waals surface area contributed by atoms with Crippen LogP contribution in [-0.4, -0.2) is 38.5 Å². The molecule has 8 heteroatoms. The van der Waals surface area contributed by atoms with Gasteiger partial charge in [0.1, 0.15) is 11.6 Å². The summed E-state index contributed by atoms with van der Waals surface area (Å²) in [5, 5.41) is 8.29. The lowest BCUT2D eigenvalue weighted by Gasteiger charge is -2.24. The number of nitrogens with one attached hydrogen (secondary N) is 2. The number of nitrogens with zero attached hydrogens (tertiary/aromatic N) is 2. The highest BCUT2D eigenvalue weighted by molar-refractivity contribution is 14.0. The number of aliphatic imine (C=N–C) groups is 1. The van der Waals surface area contributed by atoms with Gasteiger partial charge >= 0.3 is 0 Å². The molecule has 2 aromatic rings. The van der Waals surface area contributed by atoms with Gasteiger partial charge in [0.15, 0.2) is 5.96 Å². The van der Waals surface area contributed by atoms with E-state index in [4.69, 9.17) is 0 Å². The van der Waals surface area contributed by atoms with E-state index in [0.717, 1.165) is 12.1 Å². The zero-order valence-corrected chi connectivity index (χ0v) is 17.6. The Morgan fingerprint density at radius 3 is 2.60 bits per heavy atom. The van der Waals surface area contributed by atoms with Crippen LogP contribution in [0.3, 0.4) is 0 Å². The molecule has 0 aliphatic carbocycles. The van der Waals surface area contributed by atoms with Gasteiger partial charge in [-0.2, -0.15) is 0 Å². The molecule has 4 nitrogen and oxygen atoms in total. The van der Waals surface area contributed by atoms with E-state index >= 15 is 0 Å². The van der Waals surface area contributed by atoms with Crippen molar-refractivity contribution >= 4 is 41.3 Å². The molecule has 2 rings (SSSR count). The maximum Gasteiger partial charge on any atom is 0.191 e. The molecule has 1 atom stereocenters. The van der Waals surface area contributed by atoms with Gasteiger partial charge < -0.3 is 15.5 Å². The third-order valence-electron chi connectivity index (χ3n) is 3.64. The predicted octanol–water partition coefficient (Wildman–Crippen LogP) is 3.61. The van der Waals surface area contributed by atoms with Gasteiger partial charge in [0.2, 0.25) is 0 Å². The van der Waals surface area contributed by atoms with Crippen molar-refractivity contribution in [2.75, 3.05) is 27.7 Å². The van der Waals surface area contributed by atoms with Crippen LogP contribution >= 0.6 is 35.3 Å². The van der Waals surface area contributed by atoms with E-state index in [2.05, 4.69) is 26.6 Å². The van der Waals surface area contributed by atoms with Crippen molar-refractivity contribution in [3.63, 3.8) is 0 Å². The molecular formula is C17H23F2IN4S. The third kappa shape index (κ3) is 6.52. The number of likely N-dealkylation sites (N-methyl/N-ethyl adjacent to an activating group) is 1. The van der Waals surface area contributed by atoms with Gasteiger partial charge in [-0.25, -0.2) is 8.78 Å². The highest BCUT2D eigenvalue weighted by Gasteiger charge is 2.15. The number of halogens is 3. The quantitative estimate of drug-likeness (QED) is 0.377. The number of rotatable bonds is 6. The van der Waals surface area contributed by atoms with Gasteiger partial charge in [-0.3, -0.25) is 4.99 Å². The summed E-state index contributed by atoms with van der Waals surface area (Å²) in [5.41, 5.74) is 0.264. The largest absolute Gasteiger partial charge is 0.354 e. The molecule has 0 spiro atoms. The fraction of sp³-hybridized carbons (Fsp3) is 0.353. The first-order chi connectivity index (χ1) is 11.5. The van der Waals surface area contributed by atoms with Gasteiger partial charge in [-0.05, 0) is 43.7 Å². The lowest BCUT2D eigenvalue weighted by Crippen LogP contribution is -2.41. The molecule has 138 valence electrons. The van der Waals surface area contributed by atoms with Crippen LogP contribution in [0, 0.1) is 11.6 Å². The second kappa shape index (κ2) is 10.7. The van der Waals surface area contributed by atoms with Crippen LogP contribution in [0.5, 0.6) is 0 Å². The Balaban J connectivity index is 0.00000312. The molecule has 0 aliphatic rings. The van der Waals surface area contributed by atoms with E-state index in [1.165, 1.54) is 10.9 Å². The van der Waals surface area contributed by atoms with Crippen molar-refractivity contribution in [3.8, 4) is 0 Å². The molecule has 0 bridgehead atoms. The summed E-state index contributed by atoms with van der Waals surface area (Å²) >= 11 is 1.70. The second-order valence-electron chi connectivity index (χ2n) is 5.54. The first-order valence-electron chi connectivity index (χ1n) is 7.59. The standard InChI is InChI=1S/C17H22F2N4S.HI/c1-20-17(21-10-12-9-13(18)6-7-14(12)19)22-11-15(23(2)3)16-5-4-8-24-16;/h4-9,15H,10-11H2,1-3H3,(H2,20,21,22);1H. The van der Waals surface area contributed by atoms with Crippen molar-refractivity contribution in [1.82, 2.24) is 15.5 Å². The molecule has 1 aromatic carbocycles. The lowest BCUT2D eigenvalue weighted by atomic mass is 10.2. The number of hydrogen-bond acceptors (Lipinski definition) is 3. The zero-order valence-electron chi connectivity index (χ0n) is 14.4. The molecule has 0 fully saturated rings. The van der Waals surface area contributed by atoms with Crippen molar-refractivity contribution in [3.05, 3.63) is 57.8 Å². The van der Waals surface area contributed by atoms with Gasteiger partial charge in [-0.15, -0.1) is 35.3 Å². The number of thiophene rings is 1. The van der Waals surface area contributed by atoms with Crippen LogP contribution in [0.15, 0.2) is 40.7 Å². The number of hydrogen-bond donors (Lipinski definition) is 2. The minimum Gasteiger partial charge on any atom is -0.354 e. The molecule has 1 aromatic heterocycles. The fourth-order valence-electron chi connectivity index (χ4n) is 2.29. The zero-order chi connectivity index (χ0) is 17.5. The smallest absolute Gasteiger partial charge is 0.191 e. The summed E-state index contributed by atoms with van der Waals surface area (Å²) in [6, 6.07) is 7.74. The maximum absolute atomic E-state index is 13.7. The Morgan fingerprint density at radius 1 is 1.24 bits per heavy atom. The van der Waals surface area contributed by atoms with E-state index in [1.54, 1.807) is 18.4 Å². The Bertz CT molecular complexity index is 677. The normalized spacial score (nSPS) is 12.6. The molecule has 0 saturated heterocycles. The summed E-state index contributed by atoms with van der Waals surface area (Å²) < 4.78 is 26.9. The molecule has 1 unspecified atom stereocenters. The minimum atomic E-state index is -0.457. The van der Waals surface area contributed by atoms with E-state index in [-0.39, 0.29) is 42.1 Å². The van der Waals surface area contributed by atoms with E-state index < -0.39 is 11.6 Å². The van der Waals surface area contributed by atoms with Gasteiger partial charge in [0.25, 0.3) is 0 Å².